The van der Waals surface area contributed by atoms with Crippen LogP contribution in [0, 0.1) is 34.5 Å². The average molecular weight is 572 g/mol. The summed E-state index contributed by atoms with van der Waals surface area (Å²) >= 11 is 0. The lowest BCUT2D eigenvalue weighted by molar-refractivity contribution is -0.169. The predicted molar refractivity (Wildman–Crippen MR) is 137 cm³/mol. The maximum Gasteiger partial charge on any atom is 0.470 e. The number of amides is 4. The Morgan fingerprint density at radius 1 is 1.27 bits per heavy atom. The minimum atomic E-state index is -4.86. The van der Waals surface area contributed by atoms with Crippen LogP contribution in [0.5, 0.6) is 0 Å². The van der Waals surface area contributed by atoms with E-state index >= 15 is 0 Å². The van der Waals surface area contributed by atoms with Crippen LogP contribution in [0.25, 0.3) is 0 Å². The van der Waals surface area contributed by atoms with E-state index in [9.17, 15) is 27.6 Å². The zero-order chi connectivity index (χ0) is 29.9. The van der Waals surface area contributed by atoms with Gasteiger partial charge >= 0.3 is 12.1 Å². The van der Waals surface area contributed by atoms with Crippen molar-refractivity contribution in [3.05, 3.63) is 0 Å². The van der Waals surface area contributed by atoms with Crippen LogP contribution >= 0.6 is 0 Å². The molecule has 224 valence electrons. The Kier molecular flexibility index (Phi) is 9.75. The number of halogens is 3. The molecule has 0 aromatic carbocycles. The summed E-state index contributed by atoms with van der Waals surface area (Å²) in [6, 6.07) is 1.43. The van der Waals surface area contributed by atoms with Crippen molar-refractivity contribution in [3.63, 3.8) is 0 Å². The molecule has 0 radical (unpaired) electrons. The lowest BCUT2D eigenvalue weighted by Gasteiger charge is -2.30. The van der Waals surface area contributed by atoms with Crippen LogP contribution in [-0.2, 0) is 23.9 Å². The highest BCUT2D eigenvalue weighted by molar-refractivity contribution is 5.83. The fraction of sp³-hybridized carbons (Fsp3) is 0.815. The summed E-state index contributed by atoms with van der Waals surface area (Å²) in [5.41, 5.74) is 4.34. The number of carbonyl (C=O) groups is 4. The van der Waals surface area contributed by atoms with Crippen LogP contribution in [0.3, 0.4) is 0 Å². The number of rotatable bonds is 8. The Balaban J connectivity index is 0.000000182. The third-order valence-electron chi connectivity index (χ3n) is 8.89. The van der Waals surface area contributed by atoms with Gasteiger partial charge in [0.15, 0.2) is 0 Å². The third-order valence-corrected chi connectivity index (χ3v) is 8.89. The second-order valence-corrected chi connectivity index (χ2v) is 12.3. The van der Waals surface area contributed by atoms with E-state index in [1.54, 1.807) is 0 Å². The fourth-order valence-corrected chi connectivity index (χ4v) is 5.77. The number of likely N-dealkylation sites (tertiary alicyclic amines) is 1. The normalized spacial score (nSPS) is 28.2. The van der Waals surface area contributed by atoms with E-state index in [0.29, 0.717) is 36.7 Å². The van der Waals surface area contributed by atoms with E-state index in [-0.39, 0.29) is 23.5 Å². The number of hydrogen-bond acceptors (Lipinski definition) is 6. The van der Waals surface area contributed by atoms with Crippen molar-refractivity contribution >= 4 is 24.1 Å². The number of piperidine rings is 1. The zero-order valence-electron chi connectivity index (χ0n) is 23.3. The molecule has 4 amide bonds. The maximum absolute atomic E-state index is 12.2. The lowest BCUT2D eigenvalue weighted by atomic mass is 9.96. The molecular formula is C27H40F3N5O5. The second kappa shape index (κ2) is 12.3. The van der Waals surface area contributed by atoms with Crippen LogP contribution in [0.1, 0.15) is 72.1 Å². The third kappa shape index (κ3) is 8.08. The molecule has 0 aromatic rings. The van der Waals surface area contributed by atoms with E-state index in [1.807, 2.05) is 13.0 Å². The van der Waals surface area contributed by atoms with Crippen LogP contribution in [0.2, 0.25) is 0 Å². The van der Waals surface area contributed by atoms with E-state index in [4.69, 9.17) is 14.8 Å². The van der Waals surface area contributed by atoms with Crippen molar-refractivity contribution < 1.29 is 37.1 Å². The van der Waals surface area contributed by atoms with Gasteiger partial charge in [-0.2, -0.15) is 18.4 Å². The van der Waals surface area contributed by atoms with Gasteiger partial charge in [0.05, 0.1) is 24.7 Å². The first kappa shape index (κ1) is 31.6. The highest BCUT2D eigenvalue weighted by Gasteiger charge is 2.62. The Bertz CT molecular complexity index is 991. The van der Waals surface area contributed by atoms with Gasteiger partial charge in [0.25, 0.3) is 0 Å². The number of ether oxygens (including phenoxy) is 1. The minimum absolute atomic E-state index is 0.0282. The van der Waals surface area contributed by atoms with Crippen molar-refractivity contribution in [1.82, 2.24) is 15.5 Å². The smallest absolute Gasteiger partial charge is 0.375 e. The molecule has 0 bridgehead atoms. The Labute approximate surface area is 232 Å². The molecule has 5 atom stereocenters. The van der Waals surface area contributed by atoms with E-state index < -0.39 is 18.1 Å². The summed E-state index contributed by atoms with van der Waals surface area (Å²) in [5.74, 6) is -0.545. The van der Waals surface area contributed by atoms with Gasteiger partial charge in [-0.15, -0.1) is 0 Å². The summed E-state index contributed by atoms with van der Waals surface area (Å²) in [6.07, 6.45) is 3.71. The summed E-state index contributed by atoms with van der Waals surface area (Å²) in [4.78, 5) is 45.1. The number of nitrogens with zero attached hydrogens (tertiary/aromatic N) is 2. The largest absolute Gasteiger partial charge is 0.470 e. The van der Waals surface area contributed by atoms with Crippen molar-refractivity contribution in [3.8, 4) is 6.07 Å². The molecule has 5 fully saturated rings. The molecular weight excluding hydrogens is 531 g/mol. The van der Waals surface area contributed by atoms with E-state index in [1.165, 1.54) is 19.3 Å². The van der Waals surface area contributed by atoms with Gasteiger partial charge in [0.1, 0.15) is 6.04 Å². The van der Waals surface area contributed by atoms with Crippen molar-refractivity contribution in [2.24, 2.45) is 28.9 Å². The molecule has 3 aliphatic carbocycles. The minimum Gasteiger partial charge on any atom is -0.375 e. The molecule has 13 heteroatoms. The Hall–Kier alpha value is -2.88. The molecule has 5 rings (SSSR count). The van der Waals surface area contributed by atoms with E-state index in [2.05, 4.69) is 35.1 Å². The number of nitrogens with two attached hydrogens (primary N) is 1. The monoisotopic (exact) mass is 571 g/mol. The van der Waals surface area contributed by atoms with Crippen molar-refractivity contribution in [2.75, 3.05) is 13.1 Å². The molecule has 4 unspecified atom stereocenters. The highest BCUT2D eigenvalue weighted by atomic mass is 19.4. The Morgan fingerprint density at radius 3 is 2.25 bits per heavy atom. The summed E-state index contributed by atoms with van der Waals surface area (Å²) < 4.78 is 38.0. The quantitative estimate of drug-likeness (QED) is 0.380. The van der Waals surface area contributed by atoms with Gasteiger partial charge in [0, 0.05) is 24.5 Å². The van der Waals surface area contributed by atoms with Gasteiger partial charge in [-0.1, -0.05) is 13.8 Å². The molecule has 2 saturated heterocycles. The summed E-state index contributed by atoms with van der Waals surface area (Å²) in [7, 11) is 0. The van der Waals surface area contributed by atoms with Crippen LogP contribution in [0.4, 0.5) is 13.2 Å². The van der Waals surface area contributed by atoms with Gasteiger partial charge < -0.3 is 26.0 Å². The topological polar surface area (TPSA) is 155 Å². The number of nitriles is 1. The molecule has 40 heavy (non-hydrogen) atoms. The SMILES string of the molecule is C[C@H](CC(=O)N1CC2C(C1)C2(C)C)OC1CCC1.N#CC(CC1CC2(CC2)NC1=O)NC=O.NC(=O)C(F)(F)F. The Morgan fingerprint density at radius 2 is 1.85 bits per heavy atom. The number of hydrogen-bond donors (Lipinski definition) is 3. The molecule has 4 N–H and O–H groups in total. The number of primary amides is 1. The molecule has 3 saturated carbocycles. The maximum atomic E-state index is 12.2. The van der Waals surface area contributed by atoms with Crippen molar-refractivity contribution in [1.29, 1.82) is 5.26 Å². The number of nitrogens with one attached hydrogen (secondary N) is 2. The number of alkyl halides is 3. The van der Waals surface area contributed by atoms with Gasteiger partial charge in [-0.05, 0) is 69.1 Å². The van der Waals surface area contributed by atoms with Crippen LogP contribution < -0.4 is 16.4 Å². The lowest BCUT2D eigenvalue weighted by Crippen LogP contribution is -2.36. The van der Waals surface area contributed by atoms with Crippen LogP contribution in [0.15, 0.2) is 0 Å². The standard InChI is InChI=1S/C15H25NO2.C10H13N3O2.C2H2F3NO/c1-10(18-11-5-4-6-11)7-14(17)16-8-12-13(9-16)15(12,2)3;11-5-8(12-6-14)3-7-4-10(1-2-10)13-9(7)15;3-2(4,5)1(6)7/h10-13H,4-9H2,1-3H3;6-8H,1-4H2,(H,12,14)(H,13,15);(H2,6,7)/t10-,12?,13?;;/m1../s1. The average Bonchev–Trinajstić information content (AvgIpc) is 3.52. The van der Waals surface area contributed by atoms with Gasteiger partial charge in [-0.25, -0.2) is 0 Å². The number of fused-ring (bicyclic) bond motifs is 1. The molecule has 5 aliphatic rings. The van der Waals surface area contributed by atoms with E-state index in [0.717, 1.165) is 44.2 Å². The first-order valence-corrected chi connectivity index (χ1v) is 13.8. The predicted octanol–water partition coefficient (Wildman–Crippen LogP) is 2.17. The molecule has 1 spiro atoms. The van der Waals surface area contributed by atoms with Crippen LogP contribution in [-0.4, -0.2) is 72.1 Å². The highest BCUT2D eigenvalue weighted by Crippen LogP contribution is 2.62. The summed E-state index contributed by atoms with van der Waals surface area (Å²) in [5, 5.41) is 14.1. The molecule has 2 aliphatic heterocycles. The first-order valence-electron chi connectivity index (χ1n) is 13.8. The molecule has 10 nitrogen and oxygen atoms in total. The number of carbonyl (C=O) groups excluding carboxylic acids is 4. The van der Waals surface area contributed by atoms with Gasteiger partial charge in [0.2, 0.25) is 18.2 Å². The zero-order valence-corrected chi connectivity index (χ0v) is 23.3. The fourth-order valence-electron chi connectivity index (χ4n) is 5.77. The molecule has 0 aromatic heterocycles. The summed E-state index contributed by atoms with van der Waals surface area (Å²) in [6.45, 7) is 8.65. The van der Waals surface area contributed by atoms with Crippen molar-refractivity contribution in [2.45, 2.75) is 102 Å². The van der Waals surface area contributed by atoms with Gasteiger partial charge in [-0.3, -0.25) is 19.2 Å². The first-order chi connectivity index (χ1) is 18.6. The molecule has 2 heterocycles. The second-order valence-electron chi connectivity index (χ2n) is 12.3.